The Morgan fingerprint density at radius 3 is 1.51 bits per heavy atom. The molecule has 0 bridgehead atoms. The van der Waals surface area contributed by atoms with Crippen LogP contribution in [0, 0.1) is 23.0 Å². The molecule has 0 aromatic heterocycles. The van der Waals surface area contributed by atoms with E-state index in [1.807, 2.05) is 0 Å². The van der Waals surface area contributed by atoms with Crippen molar-refractivity contribution < 1.29 is 40.3 Å². The number of benzene rings is 2. The Hall–Kier alpha value is -2.53. The molecule has 192 valence electrons. The molecule has 0 amide bonds. The maximum atomic E-state index is 12.6. The first kappa shape index (κ1) is 32.5. The monoisotopic (exact) mass is 595 g/mol. The molecule has 0 aliphatic heterocycles. The van der Waals surface area contributed by atoms with Crippen molar-refractivity contribution in [2.45, 2.75) is 36.2 Å². The van der Waals surface area contributed by atoms with Gasteiger partial charge >= 0.3 is 0 Å². The fourth-order valence-electron chi connectivity index (χ4n) is 2.12. The summed E-state index contributed by atoms with van der Waals surface area (Å²) >= 11 is 2.96. The van der Waals surface area contributed by atoms with Gasteiger partial charge in [-0.05, 0) is 69.3 Å². The van der Waals surface area contributed by atoms with Crippen LogP contribution in [0.1, 0.15) is 20.8 Å². The SMILES string of the molecule is CC(=O)CBr.CC(=O)CS(=O)(=O)c1ccc(F)cc1.CC(O)(C#N)CS(=O)(=O)c1ccc(F)cc1. The number of alkyl halides is 1. The van der Waals surface area contributed by atoms with Crippen molar-refractivity contribution in [2.24, 2.45) is 0 Å². The number of nitriles is 1. The van der Waals surface area contributed by atoms with Crippen molar-refractivity contribution in [1.82, 2.24) is 0 Å². The van der Waals surface area contributed by atoms with Gasteiger partial charge in [-0.2, -0.15) is 5.26 Å². The van der Waals surface area contributed by atoms with E-state index in [0.29, 0.717) is 5.33 Å². The second-order valence-electron chi connectivity index (χ2n) is 7.35. The summed E-state index contributed by atoms with van der Waals surface area (Å²) < 4.78 is 71.2. The van der Waals surface area contributed by atoms with Crippen LogP contribution < -0.4 is 0 Å². The average molecular weight is 596 g/mol. The molecule has 8 nitrogen and oxygen atoms in total. The highest BCUT2D eigenvalue weighted by Gasteiger charge is 2.29. The number of hydrogen-bond donors (Lipinski definition) is 1. The van der Waals surface area contributed by atoms with Crippen molar-refractivity contribution in [2.75, 3.05) is 16.8 Å². The lowest BCUT2D eigenvalue weighted by molar-refractivity contribution is -0.115. The molecular weight excluding hydrogens is 572 g/mol. The van der Waals surface area contributed by atoms with E-state index in [1.165, 1.54) is 19.9 Å². The molecule has 0 spiro atoms. The van der Waals surface area contributed by atoms with Gasteiger partial charge in [-0.1, -0.05) is 15.9 Å². The number of aliphatic hydroxyl groups is 1. The van der Waals surface area contributed by atoms with E-state index in [-0.39, 0.29) is 15.6 Å². The Morgan fingerprint density at radius 1 is 0.886 bits per heavy atom. The molecule has 0 heterocycles. The molecular formula is C22H24BrF2NO7S2. The summed E-state index contributed by atoms with van der Waals surface area (Å²) in [5.41, 5.74) is -1.95. The minimum atomic E-state index is -3.79. The quantitative estimate of drug-likeness (QED) is 0.292. The fourth-order valence-corrected chi connectivity index (χ4v) is 4.90. The van der Waals surface area contributed by atoms with E-state index in [4.69, 9.17) is 5.26 Å². The van der Waals surface area contributed by atoms with Gasteiger partial charge in [-0.3, -0.25) is 9.59 Å². The van der Waals surface area contributed by atoms with Crippen LogP contribution >= 0.6 is 15.9 Å². The summed E-state index contributed by atoms with van der Waals surface area (Å²) in [5.74, 6) is -2.59. The lowest BCUT2D eigenvalue weighted by Crippen LogP contribution is -2.32. The molecule has 0 aliphatic rings. The highest BCUT2D eigenvalue weighted by atomic mass is 79.9. The Morgan fingerprint density at radius 2 is 1.23 bits per heavy atom. The molecule has 1 atom stereocenters. The van der Waals surface area contributed by atoms with Crippen LogP contribution in [0.4, 0.5) is 8.78 Å². The van der Waals surface area contributed by atoms with Gasteiger partial charge in [0.15, 0.2) is 25.3 Å². The van der Waals surface area contributed by atoms with Gasteiger partial charge < -0.3 is 5.11 Å². The first-order chi connectivity index (χ1) is 16.0. The number of carbonyl (C=O) groups is 2. The van der Waals surface area contributed by atoms with Crippen LogP contribution in [0.25, 0.3) is 0 Å². The zero-order valence-electron chi connectivity index (χ0n) is 19.0. The van der Waals surface area contributed by atoms with Gasteiger partial charge in [-0.25, -0.2) is 25.6 Å². The van der Waals surface area contributed by atoms with Crippen LogP contribution in [0.15, 0.2) is 58.3 Å². The normalized spacial score (nSPS) is 12.5. The zero-order chi connectivity index (χ0) is 27.4. The Kier molecular flexibility index (Phi) is 13.1. The molecule has 0 fully saturated rings. The van der Waals surface area contributed by atoms with E-state index in [0.717, 1.165) is 55.5 Å². The van der Waals surface area contributed by atoms with Gasteiger partial charge in [0, 0.05) is 0 Å². The lowest BCUT2D eigenvalue weighted by atomic mass is 10.2. The minimum Gasteiger partial charge on any atom is -0.375 e. The summed E-state index contributed by atoms with van der Waals surface area (Å²) in [6.07, 6.45) is 0. The lowest BCUT2D eigenvalue weighted by Gasteiger charge is -2.13. The maximum absolute atomic E-state index is 12.6. The molecule has 0 saturated heterocycles. The van der Waals surface area contributed by atoms with Crippen molar-refractivity contribution in [3.63, 3.8) is 0 Å². The Bertz CT molecular complexity index is 1250. The highest BCUT2D eigenvalue weighted by molar-refractivity contribution is 9.09. The van der Waals surface area contributed by atoms with Gasteiger partial charge in [-0.15, -0.1) is 0 Å². The average Bonchev–Trinajstić information content (AvgIpc) is 2.73. The van der Waals surface area contributed by atoms with Crippen molar-refractivity contribution in [1.29, 1.82) is 5.26 Å². The van der Waals surface area contributed by atoms with Gasteiger partial charge in [0.25, 0.3) is 0 Å². The number of hydrogen-bond acceptors (Lipinski definition) is 8. The summed E-state index contributed by atoms with van der Waals surface area (Å²) in [6.45, 7) is 3.84. The highest BCUT2D eigenvalue weighted by Crippen LogP contribution is 2.16. The van der Waals surface area contributed by atoms with Crippen LogP contribution in [0.2, 0.25) is 0 Å². The molecule has 0 saturated carbocycles. The molecule has 0 radical (unpaired) electrons. The van der Waals surface area contributed by atoms with E-state index in [1.54, 1.807) is 0 Å². The smallest absolute Gasteiger partial charge is 0.185 e. The van der Waals surface area contributed by atoms with Crippen molar-refractivity contribution >= 4 is 47.2 Å². The van der Waals surface area contributed by atoms with Gasteiger partial charge in [0.2, 0.25) is 0 Å². The second kappa shape index (κ2) is 14.1. The second-order valence-corrected chi connectivity index (χ2v) is 11.9. The summed E-state index contributed by atoms with van der Waals surface area (Å²) in [4.78, 5) is 20.3. The van der Waals surface area contributed by atoms with Crippen LogP contribution in [0.5, 0.6) is 0 Å². The standard InChI is InChI=1S/C10H10FNO3S.C9H9FO3S.C3H5BrO/c1-10(13,6-12)7-16(14,15)9-4-2-8(11)3-5-9;1-7(11)6-14(12,13)9-4-2-8(10)3-5-9;1-3(5)2-4/h2-5,13H,7H2,1H3;2-5H,6H2,1H3;2H2,1H3. The fraction of sp³-hybridized carbons (Fsp3) is 0.318. The third-order valence-electron chi connectivity index (χ3n) is 3.64. The van der Waals surface area contributed by atoms with E-state index in [9.17, 15) is 40.3 Å². The molecule has 13 heteroatoms. The molecule has 35 heavy (non-hydrogen) atoms. The number of sulfone groups is 2. The topological polar surface area (TPSA) is 146 Å². The molecule has 0 aliphatic carbocycles. The molecule has 2 aromatic carbocycles. The summed E-state index contributed by atoms with van der Waals surface area (Å²) in [7, 11) is -7.38. The maximum Gasteiger partial charge on any atom is 0.185 e. The van der Waals surface area contributed by atoms with Crippen LogP contribution in [0.3, 0.4) is 0 Å². The number of halogens is 3. The minimum absolute atomic E-state index is 0.0332. The van der Waals surface area contributed by atoms with Gasteiger partial charge in [0.1, 0.15) is 29.0 Å². The zero-order valence-corrected chi connectivity index (χ0v) is 22.3. The number of nitrogens with zero attached hydrogens (tertiary/aromatic N) is 1. The third-order valence-corrected chi connectivity index (χ3v) is 8.14. The number of carbonyl (C=O) groups excluding carboxylic acids is 2. The molecule has 2 rings (SSSR count). The number of ketones is 2. The number of rotatable bonds is 7. The van der Waals surface area contributed by atoms with Gasteiger partial charge in [0.05, 0.1) is 26.9 Å². The largest absolute Gasteiger partial charge is 0.375 e. The van der Waals surface area contributed by atoms with Crippen LogP contribution in [-0.2, 0) is 29.3 Å². The molecule has 1 N–H and O–H groups in total. The molecule has 1 unspecified atom stereocenters. The van der Waals surface area contributed by atoms with E-state index in [2.05, 4.69) is 15.9 Å². The predicted octanol–water partition coefficient (Wildman–Crippen LogP) is 3.03. The summed E-state index contributed by atoms with van der Waals surface area (Å²) in [5, 5.41) is 18.4. The van der Waals surface area contributed by atoms with E-state index >= 15 is 0 Å². The number of Topliss-reactive ketones (excluding diaryl/α,β-unsaturated/α-hetero) is 2. The Balaban J connectivity index is 0.000000558. The third kappa shape index (κ3) is 13.2. The molecule has 2 aromatic rings. The Labute approximate surface area is 211 Å². The van der Waals surface area contributed by atoms with Crippen molar-refractivity contribution in [3.05, 3.63) is 60.2 Å². The first-order valence-electron chi connectivity index (χ1n) is 9.61. The van der Waals surface area contributed by atoms with Crippen LogP contribution in [-0.4, -0.2) is 55.9 Å². The van der Waals surface area contributed by atoms with Crippen molar-refractivity contribution in [3.8, 4) is 6.07 Å². The predicted molar refractivity (Wildman–Crippen MR) is 128 cm³/mol. The van der Waals surface area contributed by atoms with E-state index < -0.39 is 54.2 Å². The summed E-state index contributed by atoms with van der Waals surface area (Å²) in [6, 6.07) is 10.1. The first-order valence-corrected chi connectivity index (χ1v) is 14.0.